The number of hydrogen-bond acceptors (Lipinski definition) is 4. The van der Waals surface area contributed by atoms with Crippen LogP contribution in [-0.2, 0) is 14.9 Å². The number of nitrogens with one attached hydrogen (secondary N) is 1. The van der Waals surface area contributed by atoms with Crippen molar-refractivity contribution in [2.24, 2.45) is 0 Å². The van der Waals surface area contributed by atoms with Crippen LogP contribution in [0.1, 0.15) is 181 Å². The zero-order valence-electron chi connectivity index (χ0n) is 29.2. The Labute approximate surface area is 278 Å². The normalized spacial score (nSPS) is 13.8. The quantitative estimate of drug-likeness (QED) is 0.0371. The van der Waals surface area contributed by atoms with Gasteiger partial charge in [-0.2, -0.15) is 8.42 Å². The SMILES string of the molecule is CC/C=C\C/C=C\C/C=C\CCCCCCCCCC(=O)NC(CS(=O)(=O)O)C(O)CCCCCCCCCCCCCCC. The van der Waals surface area contributed by atoms with E-state index in [-0.39, 0.29) is 5.91 Å². The first-order valence-electron chi connectivity index (χ1n) is 18.7. The molecule has 0 aliphatic carbocycles. The van der Waals surface area contributed by atoms with Crippen molar-refractivity contribution >= 4 is 16.0 Å². The maximum absolute atomic E-state index is 12.5. The second-order valence-electron chi connectivity index (χ2n) is 12.8. The van der Waals surface area contributed by atoms with Crippen LogP contribution in [0.3, 0.4) is 0 Å². The molecule has 2 atom stereocenters. The minimum Gasteiger partial charge on any atom is -0.391 e. The van der Waals surface area contributed by atoms with Crippen LogP contribution in [0.25, 0.3) is 0 Å². The number of carbonyl (C=O) groups is 1. The highest BCUT2D eigenvalue weighted by atomic mass is 32.2. The molecule has 6 nitrogen and oxygen atoms in total. The maximum Gasteiger partial charge on any atom is 0.266 e. The summed E-state index contributed by atoms with van der Waals surface area (Å²) in [6.07, 6.45) is 40.8. The van der Waals surface area contributed by atoms with Crippen molar-refractivity contribution in [1.29, 1.82) is 0 Å². The molecular weight excluding hydrogens is 582 g/mol. The van der Waals surface area contributed by atoms with Gasteiger partial charge in [-0.3, -0.25) is 9.35 Å². The standard InChI is InChI=1S/C38H71NO5S/c1-3-5-7-9-11-13-15-17-18-19-20-22-24-26-28-30-32-34-38(41)39-36(35-45(42,43)44)37(40)33-31-29-27-25-23-21-16-14-12-10-8-6-4-2/h5,7,11,13,17-18,36-37,40H,3-4,6,8-10,12,14-16,19-35H2,1-2H3,(H,39,41)(H,42,43,44)/b7-5-,13-11-,18-17-. The molecule has 0 bridgehead atoms. The van der Waals surface area contributed by atoms with Gasteiger partial charge in [0.25, 0.3) is 10.1 Å². The highest BCUT2D eigenvalue weighted by molar-refractivity contribution is 7.85. The van der Waals surface area contributed by atoms with E-state index in [1.165, 1.54) is 83.5 Å². The average Bonchev–Trinajstić information content (AvgIpc) is 3.00. The van der Waals surface area contributed by atoms with Gasteiger partial charge in [0, 0.05) is 6.42 Å². The summed E-state index contributed by atoms with van der Waals surface area (Å²) < 4.78 is 32.4. The molecule has 0 aromatic rings. The summed E-state index contributed by atoms with van der Waals surface area (Å²) in [7, 11) is -4.31. The van der Waals surface area contributed by atoms with E-state index in [9.17, 15) is 22.9 Å². The summed E-state index contributed by atoms with van der Waals surface area (Å²) in [5.41, 5.74) is 0. The third kappa shape index (κ3) is 33.7. The minimum absolute atomic E-state index is 0.257. The highest BCUT2D eigenvalue weighted by Gasteiger charge is 2.26. The van der Waals surface area contributed by atoms with Crippen LogP contribution in [0.5, 0.6) is 0 Å². The molecule has 0 aliphatic rings. The summed E-state index contributed by atoms with van der Waals surface area (Å²) in [4.78, 5) is 12.5. The monoisotopic (exact) mass is 654 g/mol. The lowest BCUT2D eigenvalue weighted by molar-refractivity contribution is -0.122. The molecular formula is C38H71NO5S. The van der Waals surface area contributed by atoms with Gasteiger partial charge in [-0.1, -0.05) is 166 Å². The number of rotatable bonds is 33. The lowest BCUT2D eigenvalue weighted by atomic mass is 10.0. The number of amides is 1. The van der Waals surface area contributed by atoms with Gasteiger partial charge in [0.15, 0.2) is 0 Å². The smallest absolute Gasteiger partial charge is 0.266 e. The van der Waals surface area contributed by atoms with E-state index >= 15 is 0 Å². The zero-order valence-corrected chi connectivity index (χ0v) is 30.1. The first-order valence-corrected chi connectivity index (χ1v) is 20.3. The van der Waals surface area contributed by atoms with Crippen molar-refractivity contribution in [2.45, 2.75) is 193 Å². The maximum atomic E-state index is 12.5. The Morgan fingerprint density at radius 3 is 1.58 bits per heavy atom. The molecule has 0 rings (SSSR count). The van der Waals surface area contributed by atoms with Crippen molar-refractivity contribution in [2.75, 3.05) is 5.75 Å². The van der Waals surface area contributed by atoms with E-state index in [1.54, 1.807) is 0 Å². The van der Waals surface area contributed by atoms with Crippen LogP contribution >= 0.6 is 0 Å². The number of aliphatic hydroxyl groups excluding tert-OH is 1. The molecule has 264 valence electrons. The second kappa shape index (κ2) is 32.5. The van der Waals surface area contributed by atoms with Crippen molar-refractivity contribution in [1.82, 2.24) is 5.32 Å². The predicted molar refractivity (Wildman–Crippen MR) is 193 cm³/mol. The predicted octanol–water partition coefficient (Wildman–Crippen LogP) is 10.6. The Hall–Kier alpha value is -1.44. The van der Waals surface area contributed by atoms with Crippen LogP contribution in [0.15, 0.2) is 36.5 Å². The average molecular weight is 654 g/mol. The van der Waals surface area contributed by atoms with Crippen LogP contribution < -0.4 is 5.32 Å². The fourth-order valence-corrected chi connectivity index (χ4v) is 6.34. The summed E-state index contributed by atoms with van der Waals surface area (Å²) in [6.45, 7) is 4.39. The van der Waals surface area contributed by atoms with Crippen LogP contribution in [0.2, 0.25) is 0 Å². The third-order valence-corrected chi connectivity index (χ3v) is 9.14. The number of unbranched alkanes of at least 4 members (excludes halogenated alkanes) is 19. The zero-order chi connectivity index (χ0) is 33.3. The first kappa shape index (κ1) is 43.6. The summed E-state index contributed by atoms with van der Waals surface area (Å²) in [6, 6.07) is -0.974. The summed E-state index contributed by atoms with van der Waals surface area (Å²) in [5.74, 6) is -0.909. The van der Waals surface area contributed by atoms with Gasteiger partial charge in [-0.25, -0.2) is 0 Å². The molecule has 7 heteroatoms. The Morgan fingerprint density at radius 1 is 0.622 bits per heavy atom. The minimum atomic E-state index is -4.31. The van der Waals surface area contributed by atoms with Gasteiger partial charge in [-0.05, 0) is 44.9 Å². The molecule has 45 heavy (non-hydrogen) atoms. The van der Waals surface area contributed by atoms with E-state index in [4.69, 9.17) is 0 Å². The third-order valence-electron chi connectivity index (χ3n) is 8.36. The molecule has 1 amide bonds. The van der Waals surface area contributed by atoms with E-state index < -0.39 is 28.0 Å². The highest BCUT2D eigenvalue weighted by Crippen LogP contribution is 2.15. The number of aliphatic hydroxyl groups is 1. The number of allylic oxidation sites excluding steroid dienone is 6. The van der Waals surface area contributed by atoms with Crippen molar-refractivity contribution in [3.8, 4) is 0 Å². The van der Waals surface area contributed by atoms with Crippen molar-refractivity contribution in [3.05, 3.63) is 36.5 Å². The van der Waals surface area contributed by atoms with Crippen molar-refractivity contribution in [3.63, 3.8) is 0 Å². The van der Waals surface area contributed by atoms with Gasteiger partial charge in [0.05, 0.1) is 17.9 Å². The van der Waals surface area contributed by atoms with Crippen LogP contribution in [0.4, 0.5) is 0 Å². The lowest BCUT2D eigenvalue weighted by Crippen LogP contribution is -2.47. The number of hydrogen-bond donors (Lipinski definition) is 3. The van der Waals surface area contributed by atoms with Crippen LogP contribution in [-0.4, -0.2) is 41.9 Å². The summed E-state index contributed by atoms with van der Waals surface area (Å²) >= 11 is 0. The van der Waals surface area contributed by atoms with Gasteiger partial charge in [0.1, 0.15) is 0 Å². The molecule has 0 radical (unpaired) electrons. The lowest BCUT2D eigenvalue weighted by Gasteiger charge is -2.23. The van der Waals surface area contributed by atoms with Crippen molar-refractivity contribution < 1.29 is 22.9 Å². The molecule has 0 heterocycles. The van der Waals surface area contributed by atoms with Crippen LogP contribution in [0, 0.1) is 0 Å². The molecule has 0 fully saturated rings. The number of carbonyl (C=O) groups excluding carboxylic acids is 1. The van der Waals surface area contributed by atoms with Gasteiger partial charge in [0.2, 0.25) is 5.91 Å². The molecule has 0 saturated heterocycles. The fraction of sp³-hybridized carbons (Fsp3) is 0.816. The first-order chi connectivity index (χ1) is 21.8. The van der Waals surface area contributed by atoms with E-state index in [0.717, 1.165) is 70.6 Å². The largest absolute Gasteiger partial charge is 0.391 e. The molecule has 0 aliphatic heterocycles. The molecule has 2 unspecified atom stereocenters. The van der Waals surface area contributed by atoms with Gasteiger partial charge in [-0.15, -0.1) is 0 Å². The Balaban J connectivity index is 3.93. The van der Waals surface area contributed by atoms with E-state index in [0.29, 0.717) is 12.8 Å². The fourth-order valence-electron chi connectivity index (χ4n) is 5.59. The molecule has 0 aromatic carbocycles. The van der Waals surface area contributed by atoms with Gasteiger partial charge >= 0.3 is 0 Å². The Kier molecular flexibility index (Phi) is 31.5. The molecule has 0 spiro atoms. The second-order valence-corrected chi connectivity index (χ2v) is 14.3. The van der Waals surface area contributed by atoms with Gasteiger partial charge < -0.3 is 10.4 Å². The molecule has 0 aromatic heterocycles. The summed E-state index contributed by atoms with van der Waals surface area (Å²) in [5, 5.41) is 13.3. The molecule has 3 N–H and O–H groups in total. The topological polar surface area (TPSA) is 104 Å². The van der Waals surface area contributed by atoms with E-state index in [2.05, 4.69) is 55.6 Å². The molecule has 0 saturated carbocycles. The Morgan fingerprint density at radius 2 is 1.07 bits per heavy atom. The Bertz CT molecular complexity index is 852. The van der Waals surface area contributed by atoms with E-state index in [1.807, 2.05) is 0 Å².